The maximum absolute atomic E-state index is 6.05. The number of nitrogens with zero attached hydrogens (tertiary/aromatic N) is 3. The van der Waals surface area contributed by atoms with Gasteiger partial charge in [0, 0.05) is 38.4 Å². The maximum Gasteiger partial charge on any atom is 0.0949 e. The van der Waals surface area contributed by atoms with Gasteiger partial charge in [-0.2, -0.15) is 0 Å². The maximum atomic E-state index is 6.05. The lowest BCUT2D eigenvalue weighted by Gasteiger charge is -2.27. The quantitative estimate of drug-likeness (QED) is 0.817. The molecule has 1 fully saturated rings. The summed E-state index contributed by atoms with van der Waals surface area (Å²) < 4.78 is 7.51. The van der Waals surface area contributed by atoms with E-state index in [-0.39, 0.29) is 6.04 Å². The molecule has 0 aromatic carbocycles. The largest absolute Gasteiger partial charge is 0.379 e. The van der Waals surface area contributed by atoms with Crippen molar-refractivity contribution in [1.82, 2.24) is 14.5 Å². The third kappa shape index (κ3) is 3.28. The Labute approximate surface area is 103 Å². The minimum Gasteiger partial charge on any atom is -0.379 e. The molecule has 0 bridgehead atoms. The Bertz CT molecular complexity index is 333. The molecule has 96 valence electrons. The minimum atomic E-state index is 0.0992. The topological polar surface area (TPSA) is 56.3 Å². The van der Waals surface area contributed by atoms with Gasteiger partial charge >= 0.3 is 0 Å². The van der Waals surface area contributed by atoms with Crippen LogP contribution in [0.15, 0.2) is 12.5 Å². The number of rotatable bonds is 5. The van der Waals surface area contributed by atoms with E-state index in [9.17, 15) is 0 Å². The minimum absolute atomic E-state index is 0.0992. The molecule has 1 atom stereocenters. The molecule has 1 aliphatic heterocycles. The van der Waals surface area contributed by atoms with Gasteiger partial charge in [0.25, 0.3) is 0 Å². The van der Waals surface area contributed by atoms with E-state index in [1.165, 1.54) is 0 Å². The highest BCUT2D eigenvalue weighted by molar-refractivity contribution is 5.04. The molecule has 2 heterocycles. The van der Waals surface area contributed by atoms with Crippen LogP contribution in [0.1, 0.15) is 25.1 Å². The third-order valence-electron chi connectivity index (χ3n) is 3.33. The van der Waals surface area contributed by atoms with Crippen molar-refractivity contribution in [1.29, 1.82) is 0 Å². The zero-order valence-corrected chi connectivity index (χ0v) is 10.5. The molecule has 0 radical (unpaired) electrons. The van der Waals surface area contributed by atoms with Crippen molar-refractivity contribution < 1.29 is 4.74 Å². The van der Waals surface area contributed by atoms with Gasteiger partial charge in [-0.1, -0.05) is 6.92 Å². The summed E-state index contributed by atoms with van der Waals surface area (Å²) in [7, 11) is 0. The SMILES string of the molecule is CC[C@@H](N)c1cncn1CCN1CCOCC1. The van der Waals surface area contributed by atoms with Crippen molar-refractivity contribution in [3.8, 4) is 0 Å². The summed E-state index contributed by atoms with van der Waals surface area (Å²) in [5.74, 6) is 0. The molecule has 0 unspecified atom stereocenters. The zero-order chi connectivity index (χ0) is 12.1. The van der Waals surface area contributed by atoms with Crippen LogP contribution in [0.25, 0.3) is 0 Å². The van der Waals surface area contributed by atoms with Crippen molar-refractivity contribution in [2.24, 2.45) is 5.73 Å². The Kier molecular flexibility index (Phi) is 4.53. The van der Waals surface area contributed by atoms with Crippen LogP contribution in [-0.4, -0.2) is 47.3 Å². The molecule has 0 amide bonds. The van der Waals surface area contributed by atoms with E-state index in [4.69, 9.17) is 10.5 Å². The number of hydrogen-bond acceptors (Lipinski definition) is 4. The van der Waals surface area contributed by atoms with Gasteiger partial charge in [0.15, 0.2) is 0 Å². The number of aromatic nitrogens is 2. The summed E-state index contributed by atoms with van der Waals surface area (Å²) in [6.45, 7) is 7.88. The normalized spacial score (nSPS) is 19.4. The molecule has 17 heavy (non-hydrogen) atoms. The average Bonchev–Trinajstić information content (AvgIpc) is 2.85. The van der Waals surface area contributed by atoms with E-state index in [0.717, 1.165) is 51.5 Å². The van der Waals surface area contributed by atoms with Crippen LogP contribution in [0, 0.1) is 0 Å². The van der Waals surface area contributed by atoms with Crippen LogP contribution in [0.4, 0.5) is 0 Å². The highest BCUT2D eigenvalue weighted by Crippen LogP contribution is 2.13. The first-order valence-electron chi connectivity index (χ1n) is 6.37. The van der Waals surface area contributed by atoms with E-state index >= 15 is 0 Å². The van der Waals surface area contributed by atoms with Crippen molar-refractivity contribution in [3.05, 3.63) is 18.2 Å². The molecular formula is C12H22N4O. The molecule has 5 heteroatoms. The number of morpholine rings is 1. The summed E-state index contributed by atoms with van der Waals surface area (Å²) in [6, 6.07) is 0.0992. The second-order valence-electron chi connectivity index (χ2n) is 4.48. The van der Waals surface area contributed by atoms with Crippen LogP contribution in [0.5, 0.6) is 0 Å². The monoisotopic (exact) mass is 238 g/mol. The average molecular weight is 238 g/mol. The second kappa shape index (κ2) is 6.14. The third-order valence-corrected chi connectivity index (χ3v) is 3.33. The summed E-state index contributed by atoms with van der Waals surface area (Å²) in [6.07, 6.45) is 4.71. The van der Waals surface area contributed by atoms with Gasteiger partial charge < -0.3 is 15.0 Å². The lowest BCUT2D eigenvalue weighted by atomic mass is 10.2. The predicted octanol–water partition coefficient (Wildman–Crippen LogP) is 0.625. The molecule has 1 aromatic heterocycles. The molecule has 0 saturated carbocycles. The Hall–Kier alpha value is -0.910. The van der Waals surface area contributed by atoms with E-state index in [0.29, 0.717) is 0 Å². The Morgan fingerprint density at radius 2 is 2.18 bits per heavy atom. The first-order valence-corrected chi connectivity index (χ1v) is 6.37. The fraction of sp³-hybridized carbons (Fsp3) is 0.750. The predicted molar refractivity (Wildman–Crippen MR) is 66.7 cm³/mol. The van der Waals surface area contributed by atoms with Gasteiger partial charge in [-0.15, -0.1) is 0 Å². The van der Waals surface area contributed by atoms with Gasteiger partial charge in [-0.05, 0) is 6.42 Å². The van der Waals surface area contributed by atoms with Gasteiger partial charge in [0.05, 0.1) is 25.2 Å². The number of nitrogens with two attached hydrogens (primary N) is 1. The highest BCUT2D eigenvalue weighted by Gasteiger charge is 2.12. The molecule has 2 N–H and O–H groups in total. The van der Waals surface area contributed by atoms with Crippen LogP contribution in [0.2, 0.25) is 0 Å². The van der Waals surface area contributed by atoms with Crippen LogP contribution < -0.4 is 5.73 Å². The molecule has 1 aliphatic rings. The van der Waals surface area contributed by atoms with E-state index in [2.05, 4.69) is 21.4 Å². The van der Waals surface area contributed by atoms with E-state index < -0.39 is 0 Å². The Balaban J connectivity index is 1.87. The second-order valence-corrected chi connectivity index (χ2v) is 4.48. The van der Waals surface area contributed by atoms with Crippen molar-refractivity contribution in [2.45, 2.75) is 25.9 Å². The van der Waals surface area contributed by atoms with Gasteiger partial charge in [-0.3, -0.25) is 4.90 Å². The molecule has 2 rings (SSSR count). The van der Waals surface area contributed by atoms with Gasteiger partial charge in [0.1, 0.15) is 0 Å². The summed E-state index contributed by atoms with van der Waals surface area (Å²) in [4.78, 5) is 6.62. The van der Waals surface area contributed by atoms with Crippen molar-refractivity contribution >= 4 is 0 Å². The van der Waals surface area contributed by atoms with E-state index in [1.54, 1.807) is 0 Å². The Morgan fingerprint density at radius 3 is 2.88 bits per heavy atom. The molecule has 0 spiro atoms. The molecule has 0 aliphatic carbocycles. The molecule has 1 saturated heterocycles. The van der Waals surface area contributed by atoms with Crippen LogP contribution in [0.3, 0.4) is 0 Å². The summed E-state index contributed by atoms with van der Waals surface area (Å²) in [5.41, 5.74) is 7.19. The highest BCUT2D eigenvalue weighted by atomic mass is 16.5. The number of imidazole rings is 1. The summed E-state index contributed by atoms with van der Waals surface area (Å²) in [5, 5.41) is 0. The lowest BCUT2D eigenvalue weighted by Crippen LogP contribution is -2.38. The first kappa shape index (κ1) is 12.5. The zero-order valence-electron chi connectivity index (χ0n) is 10.5. The molecular weight excluding hydrogens is 216 g/mol. The fourth-order valence-corrected chi connectivity index (χ4v) is 2.11. The summed E-state index contributed by atoms with van der Waals surface area (Å²) >= 11 is 0. The fourth-order valence-electron chi connectivity index (χ4n) is 2.11. The standard InChI is InChI=1S/C12H22N4O/c1-2-11(13)12-9-14-10-16(12)4-3-15-5-7-17-8-6-15/h9-11H,2-8,13H2,1H3/t11-/m1/s1. The van der Waals surface area contributed by atoms with Crippen molar-refractivity contribution in [3.63, 3.8) is 0 Å². The van der Waals surface area contributed by atoms with Gasteiger partial charge in [0.2, 0.25) is 0 Å². The smallest absolute Gasteiger partial charge is 0.0949 e. The van der Waals surface area contributed by atoms with Crippen molar-refractivity contribution in [2.75, 3.05) is 32.8 Å². The lowest BCUT2D eigenvalue weighted by molar-refractivity contribution is 0.0363. The number of hydrogen-bond donors (Lipinski definition) is 1. The number of ether oxygens (including phenoxy) is 1. The van der Waals surface area contributed by atoms with Crippen LogP contribution >= 0.6 is 0 Å². The first-order chi connectivity index (χ1) is 8.31. The molecule has 5 nitrogen and oxygen atoms in total. The molecule has 1 aromatic rings. The Morgan fingerprint density at radius 1 is 1.41 bits per heavy atom. The van der Waals surface area contributed by atoms with E-state index in [1.807, 2.05) is 12.5 Å². The van der Waals surface area contributed by atoms with Crippen LogP contribution in [-0.2, 0) is 11.3 Å². The van der Waals surface area contributed by atoms with Gasteiger partial charge in [-0.25, -0.2) is 4.98 Å².